The predicted molar refractivity (Wildman–Crippen MR) is 34.4 cm³/mol. The van der Waals surface area contributed by atoms with Crippen molar-refractivity contribution in [2.24, 2.45) is 10.2 Å². The second-order valence-corrected chi connectivity index (χ2v) is 3.44. The SMILES string of the molecule is BrC1[C@@H]2CC[C@H]1N=N2. The predicted octanol–water partition coefficient (Wildman–Crippen LogP) is 1.75. The number of halogens is 1. The van der Waals surface area contributed by atoms with E-state index >= 15 is 0 Å². The van der Waals surface area contributed by atoms with Crippen LogP contribution in [0.5, 0.6) is 0 Å². The van der Waals surface area contributed by atoms with Gasteiger partial charge < -0.3 is 0 Å². The lowest BCUT2D eigenvalue weighted by molar-refractivity contribution is 0.643. The van der Waals surface area contributed by atoms with Gasteiger partial charge in [-0.25, -0.2) is 0 Å². The Bertz CT molecular complexity index is 120. The molecule has 3 atom stereocenters. The van der Waals surface area contributed by atoms with Gasteiger partial charge in [0.05, 0.1) is 16.9 Å². The molecular weight excluding hydrogens is 168 g/mol. The van der Waals surface area contributed by atoms with Crippen LogP contribution in [0.1, 0.15) is 12.8 Å². The summed E-state index contributed by atoms with van der Waals surface area (Å²) in [6.07, 6.45) is 2.48. The molecule has 0 saturated heterocycles. The smallest absolute Gasteiger partial charge is 0.0855 e. The van der Waals surface area contributed by atoms with Crippen LogP contribution >= 0.6 is 15.9 Å². The molecule has 1 saturated carbocycles. The Morgan fingerprint density at radius 1 is 1.12 bits per heavy atom. The number of azo groups is 1. The maximum Gasteiger partial charge on any atom is 0.0855 e. The summed E-state index contributed by atoms with van der Waals surface area (Å²) < 4.78 is 0. The Labute approximate surface area is 56.5 Å². The quantitative estimate of drug-likeness (QED) is 0.501. The maximum atomic E-state index is 4.06. The zero-order valence-corrected chi connectivity index (χ0v) is 6.00. The minimum absolute atomic E-state index is 0.514. The minimum Gasteiger partial charge on any atom is -0.189 e. The van der Waals surface area contributed by atoms with Gasteiger partial charge in [-0.05, 0) is 12.8 Å². The molecule has 0 amide bonds. The summed E-state index contributed by atoms with van der Waals surface area (Å²) in [6.45, 7) is 0. The number of alkyl halides is 1. The first-order chi connectivity index (χ1) is 3.88. The van der Waals surface area contributed by atoms with Crippen LogP contribution in [-0.2, 0) is 0 Å². The molecule has 0 spiro atoms. The lowest BCUT2D eigenvalue weighted by Gasteiger charge is -1.98. The van der Waals surface area contributed by atoms with E-state index in [1.165, 1.54) is 12.8 Å². The molecule has 1 aliphatic carbocycles. The molecule has 3 heteroatoms. The molecule has 44 valence electrons. The second-order valence-electron chi connectivity index (χ2n) is 2.39. The van der Waals surface area contributed by atoms with E-state index in [1.54, 1.807) is 0 Å². The number of rotatable bonds is 0. The summed E-state index contributed by atoms with van der Waals surface area (Å²) >= 11 is 3.54. The van der Waals surface area contributed by atoms with Gasteiger partial charge in [0.1, 0.15) is 0 Å². The van der Waals surface area contributed by atoms with Gasteiger partial charge in [0.15, 0.2) is 0 Å². The topological polar surface area (TPSA) is 24.7 Å². The molecule has 0 aromatic rings. The molecule has 0 aromatic carbocycles. The number of fused-ring (bicyclic) bond motifs is 2. The van der Waals surface area contributed by atoms with Crippen molar-refractivity contribution in [3.63, 3.8) is 0 Å². The summed E-state index contributed by atoms with van der Waals surface area (Å²) in [7, 11) is 0. The lowest BCUT2D eigenvalue weighted by Crippen LogP contribution is -2.11. The average Bonchev–Trinajstić information content (AvgIpc) is 2.29. The Morgan fingerprint density at radius 2 is 1.62 bits per heavy atom. The summed E-state index contributed by atoms with van der Waals surface area (Å²) in [4.78, 5) is 0.572. The van der Waals surface area contributed by atoms with E-state index in [4.69, 9.17) is 0 Å². The highest BCUT2D eigenvalue weighted by atomic mass is 79.9. The average molecular weight is 175 g/mol. The van der Waals surface area contributed by atoms with Gasteiger partial charge >= 0.3 is 0 Å². The first-order valence-electron chi connectivity index (χ1n) is 2.92. The van der Waals surface area contributed by atoms with Crippen LogP contribution < -0.4 is 0 Å². The monoisotopic (exact) mass is 174 g/mol. The highest BCUT2D eigenvalue weighted by molar-refractivity contribution is 9.09. The molecule has 8 heavy (non-hydrogen) atoms. The zero-order valence-electron chi connectivity index (χ0n) is 4.42. The van der Waals surface area contributed by atoms with Crippen LogP contribution in [0.15, 0.2) is 10.2 Å². The van der Waals surface area contributed by atoms with Crippen molar-refractivity contribution >= 4 is 15.9 Å². The third kappa shape index (κ3) is 0.480. The van der Waals surface area contributed by atoms with Crippen molar-refractivity contribution in [2.75, 3.05) is 0 Å². The van der Waals surface area contributed by atoms with Crippen molar-refractivity contribution in [1.82, 2.24) is 0 Å². The molecule has 0 N–H and O–H groups in total. The van der Waals surface area contributed by atoms with Gasteiger partial charge in [0, 0.05) is 0 Å². The van der Waals surface area contributed by atoms with E-state index in [2.05, 4.69) is 26.2 Å². The van der Waals surface area contributed by atoms with E-state index in [0.29, 0.717) is 16.9 Å². The van der Waals surface area contributed by atoms with Gasteiger partial charge in [-0.1, -0.05) is 15.9 Å². The molecule has 0 aromatic heterocycles. The van der Waals surface area contributed by atoms with Crippen LogP contribution in [0.2, 0.25) is 0 Å². The molecule has 2 nitrogen and oxygen atoms in total. The second kappa shape index (κ2) is 1.53. The molecule has 1 fully saturated rings. The number of nitrogens with zero attached hydrogens (tertiary/aromatic N) is 2. The molecular formula is C5H7BrN2. The summed E-state index contributed by atoms with van der Waals surface area (Å²) in [5.41, 5.74) is 0. The first-order valence-corrected chi connectivity index (χ1v) is 3.83. The normalized spacial score (nSPS) is 50.9. The van der Waals surface area contributed by atoms with Crippen LogP contribution in [0.3, 0.4) is 0 Å². The van der Waals surface area contributed by atoms with Crippen molar-refractivity contribution in [2.45, 2.75) is 29.8 Å². The molecule has 2 aliphatic rings. The standard InChI is InChI=1S/C5H7BrN2/c6-5-3-1-2-4(5)8-7-3/h3-5H,1-2H2/t3-,4+,5?. The van der Waals surface area contributed by atoms with Gasteiger partial charge in [0.2, 0.25) is 0 Å². The Balaban J connectivity index is 2.27. The maximum absolute atomic E-state index is 4.06. The lowest BCUT2D eigenvalue weighted by atomic mass is 10.3. The minimum atomic E-state index is 0.514. The highest BCUT2D eigenvalue weighted by Crippen LogP contribution is 2.36. The van der Waals surface area contributed by atoms with E-state index in [0.717, 1.165) is 0 Å². The van der Waals surface area contributed by atoms with Crippen LogP contribution in [0, 0.1) is 0 Å². The van der Waals surface area contributed by atoms with Crippen molar-refractivity contribution < 1.29 is 0 Å². The zero-order chi connectivity index (χ0) is 5.56. The van der Waals surface area contributed by atoms with Crippen molar-refractivity contribution in [1.29, 1.82) is 0 Å². The molecule has 1 aliphatic heterocycles. The third-order valence-corrected chi connectivity index (χ3v) is 3.08. The van der Waals surface area contributed by atoms with Crippen LogP contribution in [0.25, 0.3) is 0 Å². The van der Waals surface area contributed by atoms with E-state index < -0.39 is 0 Å². The molecule has 1 heterocycles. The summed E-state index contributed by atoms with van der Waals surface area (Å²) in [6, 6.07) is 1.03. The molecule has 2 bridgehead atoms. The molecule has 2 rings (SSSR count). The van der Waals surface area contributed by atoms with Gasteiger partial charge in [-0.15, -0.1) is 0 Å². The van der Waals surface area contributed by atoms with Gasteiger partial charge in [-0.2, -0.15) is 10.2 Å². The Hall–Kier alpha value is 0.0800. The molecule has 0 radical (unpaired) electrons. The summed E-state index contributed by atoms with van der Waals surface area (Å²) in [5.74, 6) is 0. The van der Waals surface area contributed by atoms with Crippen LogP contribution in [-0.4, -0.2) is 16.9 Å². The van der Waals surface area contributed by atoms with Crippen molar-refractivity contribution in [3.8, 4) is 0 Å². The van der Waals surface area contributed by atoms with E-state index in [1.807, 2.05) is 0 Å². The Kier molecular flexibility index (Phi) is 0.939. The fourth-order valence-corrected chi connectivity index (χ4v) is 2.07. The first kappa shape index (κ1) is 4.91. The number of hydrogen-bond acceptors (Lipinski definition) is 2. The fraction of sp³-hybridized carbons (Fsp3) is 1.00. The highest BCUT2D eigenvalue weighted by Gasteiger charge is 2.38. The van der Waals surface area contributed by atoms with E-state index in [-0.39, 0.29) is 0 Å². The largest absolute Gasteiger partial charge is 0.189 e. The fourth-order valence-electron chi connectivity index (χ4n) is 1.33. The van der Waals surface area contributed by atoms with Crippen molar-refractivity contribution in [3.05, 3.63) is 0 Å². The van der Waals surface area contributed by atoms with Gasteiger partial charge in [0.25, 0.3) is 0 Å². The van der Waals surface area contributed by atoms with Gasteiger partial charge in [-0.3, -0.25) is 0 Å². The Morgan fingerprint density at radius 3 is 1.75 bits per heavy atom. The van der Waals surface area contributed by atoms with E-state index in [9.17, 15) is 0 Å². The third-order valence-electron chi connectivity index (χ3n) is 1.86. The molecule has 1 unspecified atom stereocenters. The number of hydrogen-bond donors (Lipinski definition) is 0. The van der Waals surface area contributed by atoms with Crippen LogP contribution in [0.4, 0.5) is 0 Å². The summed E-state index contributed by atoms with van der Waals surface area (Å²) in [5, 5.41) is 8.13.